The van der Waals surface area contributed by atoms with Crippen molar-refractivity contribution in [3.63, 3.8) is 0 Å². The molecule has 6 nitrogen and oxygen atoms in total. The standard InChI is InChI=1S/C21H23N3O3S/c1-12-6-8-16(9-7-12)17-10-11-28-19(17)21(26)27-15(4)20(25)22-18-13(2)23-24(5)14(18)3/h6-11,15H,1-5H3,(H,22,25)/t15-/m0/s1. The maximum absolute atomic E-state index is 12.7. The molecule has 3 rings (SSSR count). The Morgan fingerprint density at radius 3 is 2.43 bits per heavy atom. The van der Waals surface area contributed by atoms with Gasteiger partial charge in [-0.3, -0.25) is 9.48 Å². The SMILES string of the molecule is Cc1ccc(-c2ccsc2C(=O)O[C@@H](C)C(=O)Nc2c(C)nn(C)c2C)cc1. The van der Waals surface area contributed by atoms with E-state index in [4.69, 9.17) is 4.74 Å². The Hall–Kier alpha value is -2.93. The Balaban J connectivity index is 1.72. The number of aryl methyl sites for hydroxylation is 3. The summed E-state index contributed by atoms with van der Waals surface area (Å²) in [6, 6.07) is 9.82. The van der Waals surface area contributed by atoms with Gasteiger partial charge in [-0.05, 0) is 44.7 Å². The molecule has 0 radical (unpaired) electrons. The number of esters is 1. The largest absolute Gasteiger partial charge is 0.448 e. The average Bonchev–Trinajstić information content (AvgIpc) is 3.23. The number of amides is 1. The average molecular weight is 398 g/mol. The number of ether oxygens (including phenoxy) is 1. The Bertz CT molecular complexity index is 1020. The maximum atomic E-state index is 12.7. The smallest absolute Gasteiger partial charge is 0.349 e. The summed E-state index contributed by atoms with van der Waals surface area (Å²) in [7, 11) is 1.81. The number of rotatable bonds is 5. The quantitative estimate of drug-likeness (QED) is 0.653. The monoisotopic (exact) mass is 397 g/mol. The van der Waals surface area contributed by atoms with E-state index in [1.54, 1.807) is 11.6 Å². The molecule has 2 aromatic heterocycles. The van der Waals surface area contributed by atoms with Gasteiger partial charge in [-0.15, -0.1) is 11.3 Å². The van der Waals surface area contributed by atoms with Gasteiger partial charge in [-0.2, -0.15) is 5.10 Å². The molecule has 1 amide bonds. The summed E-state index contributed by atoms with van der Waals surface area (Å²) in [5, 5.41) is 8.92. The van der Waals surface area contributed by atoms with Crippen molar-refractivity contribution < 1.29 is 14.3 Å². The van der Waals surface area contributed by atoms with E-state index in [1.165, 1.54) is 11.3 Å². The Morgan fingerprint density at radius 2 is 1.82 bits per heavy atom. The molecule has 0 aliphatic rings. The molecule has 1 N–H and O–H groups in total. The van der Waals surface area contributed by atoms with E-state index in [1.807, 2.05) is 63.5 Å². The molecule has 7 heteroatoms. The van der Waals surface area contributed by atoms with Crippen molar-refractivity contribution in [3.8, 4) is 11.1 Å². The van der Waals surface area contributed by atoms with Crippen LogP contribution in [0.1, 0.15) is 33.5 Å². The van der Waals surface area contributed by atoms with Gasteiger partial charge < -0.3 is 10.1 Å². The number of thiophene rings is 1. The van der Waals surface area contributed by atoms with Gasteiger partial charge in [0.15, 0.2) is 6.10 Å². The predicted octanol–water partition coefficient (Wildman–Crippen LogP) is 4.26. The van der Waals surface area contributed by atoms with Gasteiger partial charge in [-0.1, -0.05) is 29.8 Å². The number of hydrogen-bond acceptors (Lipinski definition) is 5. The van der Waals surface area contributed by atoms with E-state index in [2.05, 4.69) is 10.4 Å². The van der Waals surface area contributed by atoms with E-state index < -0.39 is 12.1 Å². The van der Waals surface area contributed by atoms with Crippen LogP contribution in [0.3, 0.4) is 0 Å². The molecular formula is C21H23N3O3S. The van der Waals surface area contributed by atoms with Crippen LogP contribution in [0.4, 0.5) is 5.69 Å². The third kappa shape index (κ3) is 3.99. The zero-order chi connectivity index (χ0) is 20.4. The fourth-order valence-corrected chi connectivity index (χ4v) is 3.67. The van der Waals surface area contributed by atoms with Crippen LogP contribution >= 0.6 is 11.3 Å². The van der Waals surface area contributed by atoms with Crippen LogP contribution in [-0.2, 0) is 16.6 Å². The number of carbonyl (C=O) groups excluding carboxylic acids is 2. The van der Waals surface area contributed by atoms with Gasteiger partial charge in [0.1, 0.15) is 4.88 Å². The normalized spacial score (nSPS) is 11.9. The second-order valence-electron chi connectivity index (χ2n) is 6.74. The molecule has 0 saturated carbocycles. The predicted molar refractivity (Wildman–Crippen MR) is 111 cm³/mol. The highest BCUT2D eigenvalue weighted by Gasteiger charge is 2.24. The Kier molecular flexibility index (Phi) is 5.65. The van der Waals surface area contributed by atoms with Crippen molar-refractivity contribution in [1.29, 1.82) is 0 Å². The van der Waals surface area contributed by atoms with E-state index in [0.717, 1.165) is 22.4 Å². The highest BCUT2D eigenvalue weighted by atomic mass is 32.1. The van der Waals surface area contributed by atoms with Crippen LogP contribution in [-0.4, -0.2) is 27.8 Å². The molecular weight excluding hydrogens is 374 g/mol. The number of anilines is 1. The first kappa shape index (κ1) is 19.8. The van der Waals surface area contributed by atoms with Crippen LogP contribution in [0.5, 0.6) is 0 Å². The maximum Gasteiger partial charge on any atom is 0.349 e. The first-order valence-corrected chi connectivity index (χ1v) is 9.82. The second-order valence-corrected chi connectivity index (χ2v) is 7.65. The van der Waals surface area contributed by atoms with Gasteiger partial charge in [0.2, 0.25) is 0 Å². The van der Waals surface area contributed by atoms with Gasteiger partial charge in [0, 0.05) is 12.6 Å². The van der Waals surface area contributed by atoms with Crippen LogP contribution in [0.25, 0.3) is 11.1 Å². The summed E-state index contributed by atoms with van der Waals surface area (Å²) in [6.07, 6.45) is -0.931. The lowest BCUT2D eigenvalue weighted by Crippen LogP contribution is -2.30. The lowest BCUT2D eigenvalue weighted by atomic mass is 10.1. The van der Waals surface area contributed by atoms with E-state index in [9.17, 15) is 9.59 Å². The molecule has 146 valence electrons. The molecule has 28 heavy (non-hydrogen) atoms. The number of aromatic nitrogens is 2. The van der Waals surface area contributed by atoms with Crippen LogP contribution in [0, 0.1) is 20.8 Å². The van der Waals surface area contributed by atoms with Crippen molar-refractivity contribution in [2.45, 2.75) is 33.8 Å². The van der Waals surface area contributed by atoms with Gasteiger partial charge in [0.25, 0.3) is 5.91 Å². The van der Waals surface area contributed by atoms with Crippen molar-refractivity contribution in [1.82, 2.24) is 9.78 Å². The third-order valence-electron chi connectivity index (χ3n) is 4.62. The first-order valence-electron chi connectivity index (χ1n) is 8.94. The molecule has 0 aliphatic heterocycles. The van der Waals surface area contributed by atoms with Crippen LogP contribution in [0.2, 0.25) is 0 Å². The topological polar surface area (TPSA) is 73.2 Å². The van der Waals surface area contributed by atoms with E-state index in [-0.39, 0.29) is 5.91 Å². The number of nitrogens with zero attached hydrogens (tertiary/aromatic N) is 2. The fourth-order valence-electron chi connectivity index (χ4n) is 2.87. The molecule has 0 bridgehead atoms. The van der Waals surface area contributed by atoms with Crippen LogP contribution in [0.15, 0.2) is 35.7 Å². The lowest BCUT2D eigenvalue weighted by molar-refractivity contribution is -0.123. The van der Waals surface area contributed by atoms with Gasteiger partial charge >= 0.3 is 5.97 Å². The van der Waals surface area contributed by atoms with E-state index >= 15 is 0 Å². The number of benzene rings is 1. The fraction of sp³-hybridized carbons (Fsp3) is 0.286. The lowest BCUT2D eigenvalue weighted by Gasteiger charge is -2.14. The number of nitrogens with one attached hydrogen (secondary N) is 1. The minimum atomic E-state index is -0.931. The number of hydrogen-bond donors (Lipinski definition) is 1. The second kappa shape index (κ2) is 7.98. The molecule has 2 heterocycles. The molecule has 0 fully saturated rings. The molecule has 1 aromatic carbocycles. The third-order valence-corrected chi connectivity index (χ3v) is 5.52. The summed E-state index contributed by atoms with van der Waals surface area (Å²) in [4.78, 5) is 25.6. The van der Waals surface area contributed by atoms with Crippen LogP contribution < -0.4 is 5.32 Å². The minimum absolute atomic E-state index is 0.388. The molecule has 3 aromatic rings. The summed E-state index contributed by atoms with van der Waals surface area (Å²) < 4.78 is 7.13. The summed E-state index contributed by atoms with van der Waals surface area (Å²) in [5.41, 5.74) is 5.09. The van der Waals surface area contributed by atoms with E-state index in [0.29, 0.717) is 16.3 Å². The molecule has 0 saturated heterocycles. The van der Waals surface area contributed by atoms with Crippen molar-refractivity contribution in [2.75, 3.05) is 5.32 Å². The van der Waals surface area contributed by atoms with Crippen molar-refractivity contribution >= 4 is 28.9 Å². The number of carbonyl (C=O) groups is 2. The van der Waals surface area contributed by atoms with Crippen molar-refractivity contribution in [3.05, 3.63) is 57.5 Å². The highest BCUT2D eigenvalue weighted by molar-refractivity contribution is 7.12. The zero-order valence-electron chi connectivity index (χ0n) is 16.6. The molecule has 1 atom stereocenters. The highest BCUT2D eigenvalue weighted by Crippen LogP contribution is 2.29. The van der Waals surface area contributed by atoms with Gasteiger partial charge in [0.05, 0.1) is 17.1 Å². The summed E-state index contributed by atoms with van der Waals surface area (Å²) in [6.45, 7) is 7.26. The summed E-state index contributed by atoms with van der Waals surface area (Å²) >= 11 is 1.30. The first-order chi connectivity index (χ1) is 13.3. The minimum Gasteiger partial charge on any atom is -0.448 e. The van der Waals surface area contributed by atoms with Crippen molar-refractivity contribution in [2.24, 2.45) is 7.05 Å². The molecule has 0 spiro atoms. The molecule has 0 unspecified atom stereocenters. The molecule has 0 aliphatic carbocycles. The Morgan fingerprint density at radius 1 is 1.14 bits per heavy atom. The Labute approximate surface area is 168 Å². The van der Waals surface area contributed by atoms with Gasteiger partial charge in [-0.25, -0.2) is 4.79 Å². The zero-order valence-corrected chi connectivity index (χ0v) is 17.4. The summed E-state index contributed by atoms with van der Waals surface area (Å²) in [5.74, 6) is -0.895.